The van der Waals surface area contributed by atoms with Crippen molar-refractivity contribution in [2.45, 2.75) is 71.3 Å². The highest BCUT2D eigenvalue weighted by molar-refractivity contribution is 5.65. The van der Waals surface area contributed by atoms with Crippen LogP contribution >= 0.6 is 0 Å². The van der Waals surface area contributed by atoms with Crippen molar-refractivity contribution in [1.29, 1.82) is 0 Å². The molecule has 34 heavy (non-hydrogen) atoms. The largest absolute Gasteiger partial charge is 0.486 e. The van der Waals surface area contributed by atoms with Crippen LogP contribution in [0.1, 0.15) is 75.0 Å². The van der Waals surface area contributed by atoms with Gasteiger partial charge in [-0.3, -0.25) is 0 Å². The van der Waals surface area contributed by atoms with Crippen molar-refractivity contribution < 1.29 is 17.9 Å². The fraction of sp³-hybridized carbons (Fsp3) is 0.400. The lowest BCUT2D eigenvalue weighted by Crippen LogP contribution is -2.15. The number of hydrogen-bond acceptors (Lipinski definition) is 1. The summed E-state index contributed by atoms with van der Waals surface area (Å²) in [7, 11) is 0. The highest BCUT2D eigenvalue weighted by Gasteiger charge is 2.26. The molecule has 4 heteroatoms. The summed E-state index contributed by atoms with van der Waals surface area (Å²) in [5, 5.41) is 0. The van der Waals surface area contributed by atoms with Gasteiger partial charge in [0, 0.05) is 5.56 Å². The fourth-order valence-electron chi connectivity index (χ4n) is 5.10. The van der Waals surface area contributed by atoms with Crippen LogP contribution in [0, 0.1) is 23.4 Å². The van der Waals surface area contributed by atoms with Gasteiger partial charge >= 0.3 is 0 Å². The number of aryl methyl sites for hydroxylation is 1. The van der Waals surface area contributed by atoms with Crippen LogP contribution in [0.4, 0.5) is 13.2 Å². The summed E-state index contributed by atoms with van der Waals surface area (Å²) in [6.07, 6.45) is 7.21. The SMILES string of the molecule is CCCC1CCC(c2ccc(-c3ccc(COc4ccc(CC)cc4F)cc3)c(F)c2F)CC1. The van der Waals surface area contributed by atoms with Crippen LogP contribution in [0.3, 0.4) is 0 Å². The molecule has 3 aromatic carbocycles. The molecule has 0 unspecified atom stereocenters. The molecule has 0 aromatic heterocycles. The number of ether oxygens (including phenoxy) is 1. The molecule has 1 aliphatic rings. The lowest BCUT2D eigenvalue weighted by molar-refractivity contribution is 0.290. The number of rotatable bonds is 8. The molecular weight excluding hydrogens is 433 g/mol. The van der Waals surface area contributed by atoms with Crippen molar-refractivity contribution in [2.75, 3.05) is 0 Å². The molecule has 0 aliphatic heterocycles. The Morgan fingerprint density at radius 1 is 0.794 bits per heavy atom. The lowest BCUT2D eigenvalue weighted by Gasteiger charge is -2.29. The molecule has 1 aliphatic carbocycles. The summed E-state index contributed by atoms with van der Waals surface area (Å²) in [6, 6.07) is 15.5. The monoisotopic (exact) mass is 466 g/mol. The van der Waals surface area contributed by atoms with Gasteiger partial charge in [0.2, 0.25) is 0 Å². The Morgan fingerprint density at radius 2 is 1.50 bits per heavy atom. The minimum atomic E-state index is -0.782. The highest BCUT2D eigenvalue weighted by Crippen LogP contribution is 2.40. The topological polar surface area (TPSA) is 9.23 Å². The van der Waals surface area contributed by atoms with Gasteiger partial charge in [0.25, 0.3) is 0 Å². The Morgan fingerprint density at radius 3 is 2.15 bits per heavy atom. The molecule has 0 amide bonds. The molecule has 0 radical (unpaired) electrons. The molecule has 0 atom stereocenters. The first-order valence-electron chi connectivity index (χ1n) is 12.5. The standard InChI is InChI=1S/C30H33F3O/c1-3-5-21-6-11-23(12-7-21)25-15-16-26(30(33)29(25)32)24-13-8-22(9-14-24)19-34-28-17-10-20(4-2)18-27(28)31/h8-10,13-18,21,23H,3-7,11-12,19H2,1-2H3. The Bertz CT molecular complexity index is 1100. The zero-order valence-electron chi connectivity index (χ0n) is 20.0. The zero-order valence-corrected chi connectivity index (χ0v) is 20.0. The van der Waals surface area contributed by atoms with Crippen LogP contribution in [0.2, 0.25) is 0 Å². The van der Waals surface area contributed by atoms with E-state index in [2.05, 4.69) is 6.92 Å². The van der Waals surface area contributed by atoms with Crippen molar-refractivity contribution >= 4 is 0 Å². The van der Waals surface area contributed by atoms with Crippen LogP contribution in [0.15, 0.2) is 54.6 Å². The lowest BCUT2D eigenvalue weighted by atomic mass is 9.77. The average molecular weight is 467 g/mol. The van der Waals surface area contributed by atoms with Crippen molar-refractivity contribution in [3.8, 4) is 16.9 Å². The summed E-state index contributed by atoms with van der Waals surface area (Å²) < 4.78 is 49.8. The van der Waals surface area contributed by atoms with Crippen molar-refractivity contribution in [3.63, 3.8) is 0 Å². The van der Waals surface area contributed by atoms with Gasteiger partial charge in [0.15, 0.2) is 23.2 Å². The van der Waals surface area contributed by atoms with Gasteiger partial charge in [-0.2, -0.15) is 0 Å². The second kappa shape index (κ2) is 11.1. The fourth-order valence-corrected chi connectivity index (χ4v) is 5.10. The zero-order chi connectivity index (χ0) is 24.1. The van der Waals surface area contributed by atoms with Gasteiger partial charge in [0.1, 0.15) is 6.61 Å². The third-order valence-corrected chi connectivity index (χ3v) is 7.16. The van der Waals surface area contributed by atoms with Gasteiger partial charge in [-0.15, -0.1) is 0 Å². The van der Waals surface area contributed by atoms with Crippen molar-refractivity contribution in [1.82, 2.24) is 0 Å². The molecule has 0 heterocycles. The van der Waals surface area contributed by atoms with E-state index in [-0.39, 0.29) is 29.7 Å². The Balaban J connectivity index is 1.43. The predicted molar refractivity (Wildman–Crippen MR) is 132 cm³/mol. The quantitative estimate of drug-likeness (QED) is 0.322. The maximum atomic E-state index is 15.0. The van der Waals surface area contributed by atoms with E-state index in [0.717, 1.165) is 49.1 Å². The van der Waals surface area contributed by atoms with E-state index in [4.69, 9.17) is 4.74 Å². The summed E-state index contributed by atoms with van der Waals surface area (Å²) >= 11 is 0. The summed E-state index contributed by atoms with van der Waals surface area (Å²) in [6.45, 7) is 4.36. The molecule has 0 spiro atoms. The smallest absolute Gasteiger partial charge is 0.166 e. The number of benzene rings is 3. The molecule has 1 nitrogen and oxygen atoms in total. The van der Waals surface area contributed by atoms with E-state index in [1.807, 2.05) is 13.0 Å². The summed E-state index contributed by atoms with van der Waals surface area (Å²) in [5.41, 5.74) is 3.12. The minimum absolute atomic E-state index is 0.1000. The first-order valence-corrected chi connectivity index (χ1v) is 12.5. The molecule has 1 fully saturated rings. The van der Waals surface area contributed by atoms with Crippen molar-refractivity contribution in [2.24, 2.45) is 5.92 Å². The first kappa shape index (κ1) is 24.4. The molecule has 1 saturated carbocycles. The molecule has 3 aromatic rings. The maximum Gasteiger partial charge on any atom is 0.166 e. The maximum absolute atomic E-state index is 15.0. The van der Waals surface area contributed by atoms with Crippen LogP contribution in [-0.2, 0) is 13.0 Å². The highest BCUT2D eigenvalue weighted by atomic mass is 19.2. The van der Waals surface area contributed by atoms with E-state index >= 15 is 8.78 Å². The molecular formula is C30H33F3O. The average Bonchev–Trinajstić information content (AvgIpc) is 2.86. The van der Waals surface area contributed by atoms with E-state index in [1.165, 1.54) is 18.9 Å². The number of halogens is 3. The molecule has 180 valence electrons. The second-order valence-corrected chi connectivity index (χ2v) is 9.44. The molecule has 0 bridgehead atoms. The minimum Gasteiger partial charge on any atom is -0.486 e. The van der Waals surface area contributed by atoms with E-state index < -0.39 is 11.6 Å². The summed E-state index contributed by atoms with van der Waals surface area (Å²) in [5.74, 6) is -0.850. The second-order valence-electron chi connectivity index (χ2n) is 9.44. The molecule has 0 N–H and O–H groups in total. The Labute approximate surface area is 201 Å². The van der Waals surface area contributed by atoms with Gasteiger partial charge in [0.05, 0.1) is 0 Å². The van der Waals surface area contributed by atoms with E-state index in [1.54, 1.807) is 42.5 Å². The third-order valence-electron chi connectivity index (χ3n) is 7.16. The van der Waals surface area contributed by atoms with Gasteiger partial charge < -0.3 is 4.74 Å². The Kier molecular flexibility index (Phi) is 7.97. The van der Waals surface area contributed by atoms with E-state index in [9.17, 15) is 4.39 Å². The van der Waals surface area contributed by atoms with Crippen LogP contribution in [-0.4, -0.2) is 0 Å². The molecule has 4 rings (SSSR count). The normalized spacial score (nSPS) is 18.1. The first-order chi connectivity index (χ1) is 16.5. The third kappa shape index (κ3) is 5.48. The molecule has 0 saturated heterocycles. The van der Waals surface area contributed by atoms with E-state index in [0.29, 0.717) is 11.1 Å². The number of hydrogen-bond donors (Lipinski definition) is 0. The van der Waals surface area contributed by atoms with Crippen LogP contribution < -0.4 is 4.74 Å². The Hall–Kier alpha value is -2.75. The van der Waals surface area contributed by atoms with Gasteiger partial charge in [-0.05, 0) is 78.3 Å². The van der Waals surface area contributed by atoms with Crippen LogP contribution in [0.25, 0.3) is 11.1 Å². The summed E-state index contributed by atoms with van der Waals surface area (Å²) in [4.78, 5) is 0. The predicted octanol–water partition coefficient (Wildman–Crippen LogP) is 8.99. The van der Waals surface area contributed by atoms with Crippen LogP contribution in [0.5, 0.6) is 5.75 Å². The van der Waals surface area contributed by atoms with Crippen molar-refractivity contribution in [3.05, 3.63) is 88.7 Å². The van der Waals surface area contributed by atoms with Gasteiger partial charge in [-0.25, -0.2) is 13.2 Å². The van der Waals surface area contributed by atoms with Gasteiger partial charge in [-0.1, -0.05) is 69.2 Å².